The summed E-state index contributed by atoms with van der Waals surface area (Å²) in [6, 6.07) is 14.5. The van der Waals surface area contributed by atoms with Gasteiger partial charge in [0.15, 0.2) is 0 Å². The predicted octanol–water partition coefficient (Wildman–Crippen LogP) is 4.68. The fourth-order valence-corrected chi connectivity index (χ4v) is 3.73. The number of carbonyl (C=O) groups is 2. The lowest BCUT2D eigenvalue weighted by Gasteiger charge is -2.33. The number of hydrogen-bond acceptors (Lipinski definition) is 4. The van der Waals surface area contributed by atoms with E-state index < -0.39 is 6.09 Å². The Bertz CT molecular complexity index is 934. The average Bonchev–Trinajstić information content (AvgIpc) is 2.79. The molecule has 3 amide bonds. The lowest BCUT2D eigenvalue weighted by molar-refractivity contribution is 0.139. The van der Waals surface area contributed by atoms with E-state index in [-0.39, 0.29) is 17.4 Å². The van der Waals surface area contributed by atoms with E-state index in [4.69, 9.17) is 4.74 Å². The molecular weight excluding hydrogens is 435 g/mol. The van der Waals surface area contributed by atoms with Crippen LogP contribution in [0.25, 0.3) is 0 Å². The van der Waals surface area contributed by atoms with Gasteiger partial charge in [0.05, 0.1) is 6.61 Å². The van der Waals surface area contributed by atoms with Crippen LogP contribution in [-0.2, 0) is 17.7 Å². The number of amides is 3. The number of alkyl carbamates (subject to hydrolysis) is 1. The van der Waals surface area contributed by atoms with Gasteiger partial charge in [0.1, 0.15) is 5.82 Å². The first-order valence-corrected chi connectivity index (χ1v) is 11.8. The number of urea groups is 1. The molecule has 1 aliphatic rings. The van der Waals surface area contributed by atoms with Gasteiger partial charge in [0, 0.05) is 43.3 Å². The van der Waals surface area contributed by atoms with E-state index >= 15 is 0 Å². The smallest absolute Gasteiger partial charge is 0.407 e. The molecule has 3 N–H and O–H groups in total. The largest absolute Gasteiger partial charge is 0.449 e. The molecule has 8 heteroatoms. The predicted molar refractivity (Wildman–Crippen MR) is 131 cm³/mol. The molecule has 0 bridgehead atoms. The molecule has 0 unspecified atom stereocenters. The van der Waals surface area contributed by atoms with E-state index in [0.29, 0.717) is 38.7 Å². The third-order valence-electron chi connectivity index (χ3n) is 5.56. The molecule has 0 aromatic heterocycles. The Labute approximate surface area is 201 Å². The van der Waals surface area contributed by atoms with Crippen molar-refractivity contribution < 1.29 is 18.7 Å². The van der Waals surface area contributed by atoms with Crippen molar-refractivity contribution in [3.05, 3.63) is 65.5 Å². The third kappa shape index (κ3) is 8.57. The summed E-state index contributed by atoms with van der Waals surface area (Å²) in [6.07, 6.45) is 1.98. The molecule has 1 aliphatic heterocycles. The highest BCUT2D eigenvalue weighted by Crippen LogP contribution is 2.18. The minimum Gasteiger partial charge on any atom is -0.449 e. The molecule has 1 heterocycles. The standard InChI is InChI=1S/C26H35FN4O3/c1-26(2,3)30-25(33)34-17-14-19-6-10-22(11-7-19)29-23-12-15-31(16-13-23)24(32)28-18-20-4-8-21(27)9-5-20/h4-11,23,29H,12-18H2,1-3H3,(H,28,32)(H,30,33). The molecule has 0 saturated carbocycles. The number of ether oxygens (including phenoxy) is 1. The van der Waals surface area contributed by atoms with Gasteiger partial charge in [-0.05, 0) is 69.0 Å². The zero-order valence-corrected chi connectivity index (χ0v) is 20.2. The van der Waals surface area contributed by atoms with E-state index in [1.807, 2.05) is 49.9 Å². The Morgan fingerprint density at radius 3 is 2.24 bits per heavy atom. The molecule has 0 radical (unpaired) electrons. The zero-order valence-electron chi connectivity index (χ0n) is 20.2. The fourth-order valence-electron chi connectivity index (χ4n) is 3.73. The number of likely N-dealkylation sites (tertiary alicyclic amines) is 1. The minimum absolute atomic E-state index is 0.0921. The number of rotatable bonds is 7. The number of piperidine rings is 1. The Hall–Kier alpha value is -3.29. The van der Waals surface area contributed by atoms with Crippen LogP contribution in [0.5, 0.6) is 0 Å². The van der Waals surface area contributed by atoms with Crippen LogP contribution in [0.2, 0.25) is 0 Å². The Balaban J connectivity index is 1.35. The number of benzene rings is 2. The van der Waals surface area contributed by atoms with Crippen LogP contribution in [0.3, 0.4) is 0 Å². The fraction of sp³-hybridized carbons (Fsp3) is 0.462. The highest BCUT2D eigenvalue weighted by molar-refractivity contribution is 5.74. The number of hydrogen-bond donors (Lipinski definition) is 3. The van der Waals surface area contributed by atoms with Crippen LogP contribution in [0.1, 0.15) is 44.7 Å². The van der Waals surface area contributed by atoms with Crippen molar-refractivity contribution in [1.29, 1.82) is 0 Å². The topological polar surface area (TPSA) is 82.7 Å². The van der Waals surface area contributed by atoms with Crippen LogP contribution < -0.4 is 16.0 Å². The molecule has 2 aromatic carbocycles. The highest BCUT2D eigenvalue weighted by Gasteiger charge is 2.22. The summed E-state index contributed by atoms with van der Waals surface area (Å²) in [7, 11) is 0. The minimum atomic E-state index is -0.402. The van der Waals surface area contributed by atoms with Gasteiger partial charge in [-0.15, -0.1) is 0 Å². The highest BCUT2D eigenvalue weighted by atomic mass is 19.1. The first-order valence-electron chi connectivity index (χ1n) is 11.8. The van der Waals surface area contributed by atoms with Crippen molar-refractivity contribution in [2.45, 2.75) is 58.2 Å². The van der Waals surface area contributed by atoms with Gasteiger partial charge in [0.2, 0.25) is 0 Å². The molecule has 1 saturated heterocycles. The summed E-state index contributed by atoms with van der Waals surface area (Å²) < 4.78 is 18.2. The second-order valence-electron chi connectivity index (χ2n) is 9.65. The normalized spacial score (nSPS) is 14.4. The van der Waals surface area contributed by atoms with Crippen LogP contribution in [0, 0.1) is 5.82 Å². The molecule has 1 fully saturated rings. The second kappa shape index (κ2) is 11.7. The van der Waals surface area contributed by atoms with Crippen molar-refractivity contribution >= 4 is 17.8 Å². The van der Waals surface area contributed by atoms with Crippen LogP contribution >= 0.6 is 0 Å². The maximum Gasteiger partial charge on any atom is 0.407 e. The third-order valence-corrected chi connectivity index (χ3v) is 5.56. The number of nitrogens with one attached hydrogen (secondary N) is 3. The maximum atomic E-state index is 13.0. The summed E-state index contributed by atoms with van der Waals surface area (Å²) >= 11 is 0. The zero-order chi connectivity index (χ0) is 24.6. The SMILES string of the molecule is CC(C)(C)NC(=O)OCCc1ccc(NC2CCN(C(=O)NCc3ccc(F)cc3)CC2)cc1. The van der Waals surface area contributed by atoms with Crippen molar-refractivity contribution in [2.24, 2.45) is 0 Å². The second-order valence-corrected chi connectivity index (χ2v) is 9.65. The molecule has 0 aliphatic carbocycles. The molecule has 184 valence electrons. The van der Waals surface area contributed by atoms with Gasteiger partial charge in [-0.2, -0.15) is 0 Å². The van der Waals surface area contributed by atoms with Gasteiger partial charge in [-0.3, -0.25) is 0 Å². The number of halogens is 1. The number of nitrogens with zero attached hydrogens (tertiary/aromatic N) is 1. The molecule has 2 aromatic rings. The molecule has 7 nitrogen and oxygen atoms in total. The van der Waals surface area contributed by atoms with E-state index in [1.165, 1.54) is 12.1 Å². The average molecular weight is 471 g/mol. The van der Waals surface area contributed by atoms with Gasteiger partial charge in [-0.25, -0.2) is 14.0 Å². The summed E-state index contributed by atoms with van der Waals surface area (Å²) in [5, 5.41) is 9.22. The quantitative estimate of drug-likeness (QED) is 0.549. The van der Waals surface area contributed by atoms with Crippen LogP contribution in [-0.4, -0.2) is 48.3 Å². The van der Waals surface area contributed by atoms with Crippen molar-refractivity contribution in [3.63, 3.8) is 0 Å². The van der Waals surface area contributed by atoms with Crippen molar-refractivity contribution in [3.8, 4) is 0 Å². The Morgan fingerprint density at radius 1 is 1.00 bits per heavy atom. The molecular formula is C26H35FN4O3. The van der Waals surface area contributed by atoms with Gasteiger partial charge < -0.3 is 25.6 Å². The summed E-state index contributed by atoms with van der Waals surface area (Å²) in [4.78, 5) is 26.0. The van der Waals surface area contributed by atoms with Gasteiger partial charge >= 0.3 is 12.1 Å². The first kappa shape index (κ1) is 25.3. The van der Waals surface area contributed by atoms with E-state index in [9.17, 15) is 14.0 Å². The Morgan fingerprint density at radius 2 is 1.62 bits per heavy atom. The van der Waals surface area contributed by atoms with E-state index in [2.05, 4.69) is 16.0 Å². The Kier molecular flexibility index (Phi) is 8.73. The molecule has 34 heavy (non-hydrogen) atoms. The van der Waals surface area contributed by atoms with Crippen LogP contribution in [0.15, 0.2) is 48.5 Å². The first-order chi connectivity index (χ1) is 16.2. The van der Waals surface area contributed by atoms with E-state index in [0.717, 1.165) is 29.7 Å². The molecule has 0 atom stereocenters. The number of carbonyl (C=O) groups excluding carboxylic acids is 2. The number of anilines is 1. The monoisotopic (exact) mass is 470 g/mol. The van der Waals surface area contributed by atoms with Gasteiger partial charge in [0.25, 0.3) is 0 Å². The van der Waals surface area contributed by atoms with Gasteiger partial charge in [-0.1, -0.05) is 24.3 Å². The van der Waals surface area contributed by atoms with E-state index in [1.54, 1.807) is 12.1 Å². The molecule has 0 spiro atoms. The van der Waals surface area contributed by atoms with Crippen molar-refractivity contribution in [2.75, 3.05) is 25.0 Å². The molecule has 3 rings (SSSR count). The maximum absolute atomic E-state index is 13.0. The summed E-state index contributed by atoms with van der Waals surface area (Å²) in [6.45, 7) is 7.81. The lowest BCUT2D eigenvalue weighted by atomic mass is 10.0. The lowest BCUT2D eigenvalue weighted by Crippen LogP contribution is -2.46. The van der Waals surface area contributed by atoms with Crippen molar-refractivity contribution in [1.82, 2.24) is 15.5 Å². The van der Waals surface area contributed by atoms with Crippen LogP contribution in [0.4, 0.5) is 19.7 Å². The summed E-state index contributed by atoms with van der Waals surface area (Å²) in [5.41, 5.74) is 2.69. The summed E-state index contributed by atoms with van der Waals surface area (Å²) in [5.74, 6) is -0.283.